The number of likely N-dealkylation sites (N-methyl/N-ethyl adjacent to an activating group) is 1. The van der Waals surface area contributed by atoms with E-state index in [4.69, 9.17) is 0 Å². The molecule has 1 rings (SSSR count). The van der Waals surface area contributed by atoms with Crippen molar-refractivity contribution >= 4 is 0 Å². The predicted octanol–water partition coefficient (Wildman–Crippen LogP) is 2.62. The monoisotopic (exact) mass is 224 g/mol. The van der Waals surface area contributed by atoms with E-state index in [-0.39, 0.29) is 0 Å². The van der Waals surface area contributed by atoms with Gasteiger partial charge >= 0.3 is 0 Å². The summed E-state index contributed by atoms with van der Waals surface area (Å²) in [6, 6.07) is 0. The lowest BCUT2D eigenvalue weighted by Crippen LogP contribution is -2.46. The highest BCUT2D eigenvalue weighted by atomic mass is 15.3. The Morgan fingerprint density at radius 2 is 1.56 bits per heavy atom. The minimum Gasteiger partial charge on any atom is -0.301 e. The van der Waals surface area contributed by atoms with E-state index >= 15 is 0 Å². The molecule has 0 aliphatic carbocycles. The summed E-state index contributed by atoms with van der Waals surface area (Å²) in [5.41, 5.74) is 0.334. The zero-order valence-corrected chi connectivity index (χ0v) is 11.5. The van der Waals surface area contributed by atoms with Gasteiger partial charge in [-0.3, -0.25) is 0 Å². The van der Waals surface area contributed by atoms with E-state index in [0.717, 1.165) is 0 Å². The van der Waals surface area contributed by atoms with E-state index in [1.165, 1.54) is 45.7 Å². The van der Waals surface area contributed by atoms with E-state index in [0.29, 0.717) is 5.41 Å². The molecule has 0 radical (unpaired) electrons. The third-order valence-electron chi connectivity index (χ3n) is 3.14. The van der Waals surface area contributed by atoms with Crippen LogP contribution in [0.3, 0.4) is 0 Å². The fraction of sp³-hybridized carbons (Fsp3) is 0.857. The largest absolute Gasteiger partial charge is 0.301 e. The van der Waals surface area contributed by atoms with Crippen LogP contribution >= 0.6 is 0 Å². The molecule has 1 heterocycles. The van der Waals surface area contributed by atoms with Crippen molar-refractivity contribution in [3.05, 3.63) is 12.2 Å². The molecule has 1 aliphatic heterocycles. The summed E-state index contributed by atoms with van der Waals surface area (Å²) in [5, 5.41) is 0. The quantitative estimate of drug-likeness (QED) is 0.677. The molecule has 1 saturated heterocycles. The van der Waals surface area contributed by atoms with Gasteiger partial charge in [-0.25, -0.2) is 0 Å². The number of piperazine rings is 1. The predicted molar refractivity (Wildman–Crippen MR) is 71.8 cm³/mol. The second-order valence-electron chi connectivity index (χ2n) is 5.83. The summed E-state index contributed by atoms with van der Waals surface area (Å²) in [7, 11) is 0. The molecule has 0 spiro atoms. The summed E-state index contributed by atoms with van der Waals surface area (Å²) >= 11 is 0. The summed E-state index contributed by atoms with van der Waals surface area (Å²) in [4.78, 5) is 5.11. The summed E-state index contributed by atoms with van der Waals surface area (Å²) in [6.45, 7) is 16.4. The van der Waals surface area contributed by atoms with E-state index in [2.05, 4.69) is 49.6 Å². The van der Waals surface area contributed by atoms with Crippen molar-refractivity contribution in [3.8, 4) is 0 Å². The van der Waals surface area contributed by atoms with Crippen molar-refractivity contribution in [1.82, 2.24) is 9.80 Å². The lowest BCUT2D eigenvalue weighted by molar-refractivity contribution is 0.139. The molecule has 0 saturated carbocycles. The lowest BCUT2D eigenvalue weighted by atomic mass is 9.96. The standard InChI is InChI=1S/C14H28N2/c1-5-15-10-12-16(13-11-15)9-7-6-8-14(2,3)4/h6,8H,5,7,9-13H2,1-4H3/b8-6+. The minimum absolute atomic E-state index is 0.334. The molecular weight excluding hydrogens is 196 g/mol. The topological polar surface area (TPSA) is 6.48 Å². The molecule has 0 atom stereocenters. The third kappa shape index (κ3) is 5.66. The molecule has 1 fully saturated rings. The Labute approximate surface area is 101 Å². The van der Waals surface area contributed by atoms with Gasteiger partial charge in [-0.15, -0.1) is 0 Å². The first-order valence-electron chi connectivity index (χ1n) is 6.63. The smallest absolute Gasteiger partial charge is 0.0110 e. The van der Waals surface area contributed by atoms with Crippen molar-refractivity contribution in [2.24, 2.45) is 5.41 Å². The van der Waals surface area contributed by atoms with Crippen LogP contribution in [0, 0.1) is 5.41 Å². The van der Waals surface area contributed by atoms with Crippen molar-refractivity contribution in [1.29, 1.82) is 0 Å². The second-order valence-corrected chi connectivity index (χ2v) is 5.83. The van der Waals surface area contributed by atoms with Gasteiger partial charge in [0.1, 0.15) is 0 Å². The van der Waals surface area contributed by atoms with Gasteiger partial charge in [-0.05, 0) is 18.4 Å². The molecule has 0 aromatic heterocycles. The molecule has 2 nitrogen and oxygen atoms in total. The number of nitrogens with zero attached hydrogens (tertiary/aromatic N) is 2. The molecule has 1 aliphatic rings. The maximum atomic E-state index is 2.58. The zero-order chi connectivity index (χ0) is 12.0. The first-order valence-corrected chi connectivity index (χ1v) is 6.63. The second kappa shape index (κ2) is 6.41. The first-order chi connectivity index (χ1) is 7.51. The van der Waals surface area contributed by atoms with Crippen LogP contribution in [0.5, 0.6) is 0 Å². The van der Waals surface area contributed by atoms with Gasteiger partial charge < -0.3 is 9.80 Å². The van der Waals surface area contributed by atoms with Crippen LogP contribution in [0.15, 0.2) is 12.2 Å². The first kappa shape index (κ1) is 13.7. The van der Waals surface area contributed by atoms with Crippen molar-refractivity contribution in [2.75, 3.05) is 39.3 Å². The Kier molecular flexibility index (Phi) is 5.50. The maximum Gasteiger partial charge on any atom is 0.0110 e. The molecule has 16 heavy (non-hydrogen) atoms. The van der Waals surface area contributed by atoms with Crippen LogP contribution in [0.4, 0.5) is 0 Å². The van der Waals surface area contributed by atoms with Gasteiger partial charge in [-0.1, -0.05) is 39.8 Å². The molecular formula is C14H28N2. The van der Waals surface area contributed by atoms with Crippen LogP contribution in [0.2, 0.25) is 0 Å². The summed E-state index contributed by atoms with van der Waals surface area (Å²) in [5.74, 6) is 0. The molecule has 0 N–H and O–H groups in total. The van der Waals surface area contributed by atoms with Crippen molar-refractivity contribution in [3.63, 3.8) is 0 Å². The van der Waals surface area contributed by atoms with Gasteiger partial charge in [0.2, 0.25) is 0 Å². The van der Waals surface area contributed by atoms with E-state index < -0.39 is 0 Å². The molecule has 0 amide bonds. The average molecular weight is 224 g/mol. The highest BCUT2D eigenvalue weighted by Crippen LogP contribution is 2.14. The third-order valence-corrected chi connectivity index (χ3v) is 3.14. The molecule has 0 bridgehead atoms. The molecule has 2 heteroatoms. The van der Waals surface area contributed by atoms with Gasteiger partial charge in [-0.2, -0.15) is 0 Å². The SMILES string of the molecule is CCN1CCN(CC/C=C/C(C)(C)C)CC1. The minimum atomic E-state index is 0.334. The van der Waals surface area contributed by atoms with E-state index in [1.54, 1.807) is 0 Å². The highest BCUT2D eigenvalue weighted by molar-refractivity contribution is 4.92. The molecule has 0 aromatic carbocycles. The number of rotatable bonds is 4. The number of allylic oxidation sites excluding steroid dienone is 1. The van der Waals surface area contributed by atoms with Gasteiger partial charge in [0, 0.05) is 32.7 Å². The Hall–Kier alpha value is -0.340. The Morgan fingerprint density at radius 3 is 2.06 bits per heavy atom. The van der Waals surface area contributed by atoms with E-state index in [9.17, 15) is 0 Å². The van der Waals surface area contributed by atoms with Crippen molar-refractivity contribution < 1.29 is 0 Å². The van der Waals surface area contributed by atoms with Crippen LogP contribution in [-0.2, 0) is 0 Å². The Bertz CT molecular complexity index is 207. The Morgan fingerprint density at radius 1 is 1.00 bits per heavy atom. The van der Waals surface area contributed by atoms with Crippen LogP contribution in [-0.4, -0.2) is 49.1 Å². The van der Waals surface area contributed by atoms with Crippen LogP contribution in [0.25, 0.3) is 0 Å². The van der Waals surface area contributed by atoms with Gasteiger partial charge in [0.15, 0.2) is 0 Å². The fourth-order valence-corrected chi connectivity index (χ4v) is 2.02. The van der Waals surface area contributed by atoms with Gasteiger partial charge in [0.05, 0.1) is 0 Å². The maximum absolute atomic E-state index is 2.58. The van der Waals surface area contributed by atoms with Crippen molar-refractivity contribution in [2.45, 2.75) is 34.1 Å². The summed E-state index contributed by atoms with van der Waals surface area (Å²) < 4.78 is 0. The fourth-order valence-electron chi connectivity index (χ4n) is 2.02. The highest BCUT2D eigenvalue weighted by Gasteiger charge is 2.14. The van der Waals surface area contributed by atoms with E-state index in [1.807, 2.05) is 0 Å². The lowest BCUT2D eigenvalue weighted by Gasteiger charge is -2.33. The normalized spacial score (nSPS) is 20.8. The molecule has 0 unspecified atom stereocenters. The molecule has 94 valence electrons. The zero-order valence-electron chi connectivity index (χ0n) is 11.5. The average Bonchev–Trinajstić information content (AvgIpc) is 2.24. The molecule has 0 aromatic rings. The number of hydrogen-bond acceptors (Lipinski definition) is 2. The Balaban J connectivity index is 2.13. The number of hydrogen-bond donors (Lipinski definition) is 0. The summed E-state index contributed by atoms with van der Waals surface area (Å²) in [6.07, 6.45) is 5.87. The van der Waals surface area contributed by atoms with Gasteiger partial charge in [0.25, 0.3) is 0 Å². The van der Waals surface area contributed by atoms with Crippen LogP contribution < -0.4 is 0 Å². The van der Waals surface area contributed by atoms with Crippen LogP contribution in [0.1, 0.15) is 34.1 Å².